The molecule has 0 radical (unpaired) electrons. The van der Waals surface area contributed by atoms with Crippen LogP contribution in [0.3, 0.4) is 0 Å². The van der Waals surface area contributed by atoms with Crippen LogP contribution in [0.2, 0.25) is 82.8 Å². The molecule has 0 spiro atoms. The molecule has 4 nitrogen and oxygen atoms in total. The lowest BCUT2D eigenvalue weighted by Crippen LogP contribution is -2.52. The lowest BCUT2D eigenvalue weighted by atomic mass is 10.2. The molecule has 4 rings (SSSR count). The molecular formula is C53H94Cl2N4P2Si4. The van der Waals surface area contributed by atoms with Gasteiger partial charge in [-0.1, -0.05) is 273 Å². The largest absolute Gasteiger partial charge is 0.244 e. The smallest absolute Gasteiger partial charge is 0.167 e. The van der Waals surface area contributed by atoms with E-state index in [2.05, 4.69) is 176 Å². The minimum Gasteiger partial charge on any atom is -0.244 e. The van der Waals surface area contributed by atoms with Crippen LogP contribution in [0.4, 0.5) is 0 Å². The second-order valence-corrected chi connectivity index (χ2v) is 50.4. The van der Waals surface area contributed by atoms with Gasteiger partial charge in [-0.3, -0.25) is 0 Å². The van der Waals surface area contributed by atoms with Crippen LogP contribution in [0.5, 0.6) is 0 Å². The molecule has 0 aliphatic carbocycles. The van der Waals surface area contributed by atoms with Crippen molar-refractivity contribution in [3.8, 4) is 0 Å². The zero-order valence-corrected chi connectivity index (χ0v) is 53.0. The summed E-state index contributed by atoms with van der Waals surface area (Å²) in [4.78, 5) is 21.5. The van der Waals surface area contributed by atoms with Crippen molar-refractivity contribution in [1.29, 1.82) is 0 Å². The number of rotatable bonds is 18. The van der Waals surface area contributed by atoms with Gasteiger partial charge in [0.05, 0.1) is 65.2 Å². The Balaban J connectivity index is 0.000000374. The van der Waals surface area contributed by atoms with E-state index < -0.39 is 48.1 Å². The van der Waals surface area contributed by atoms with Crippen molar-refractivity contribution in [2.24, 2.45) is 0 Å². The van der Waals surface area contributed by atoms with Gasteiger partial charge in [-0.15, -0.1) is 0 Å². The van der Waals surface area contributed by atoms with E-state index in [-0.39, 0.29) is 15.5 Å². The van der Waals surface area contributed by atoms with Crippen molar-refractivity contribution in [2.45, 2.75) is 233 Å². The number of benzene rings is 2. The number of hydrogen-bond acceptors (Lipinski definition) is 4. The predicted molar refractivity (Wildman–Crippen MR) is 315 cm³/mol. The molecule has 0 amide bonds. The van der Waals surface area contributed by atoms with Crippen molar-refractivity contribution in [3.05, 3.63) is 34.6 Å². The molecule has 65 heavy (non-hydrogen) atoms. The summed E-state index contributed by atoms with van der Waals surface area (Å²) < 4.78 is 0. The van der Waals surface area contributed by atoms with Crippen LogP contribution in [0.25, 0.3) is 22.1 Å². The molecule has 0 unspecified atom stereocenters. The summed E-state index contributed by atoms with van der Waals surface area (Å²) in [7, 11) is -7.57. The maximum atomic E-state index is 6.33. The van der Waals surface area contributed by atoms with E-state index in [1.807, 2.05) is 0 Å². The van der Waals surface area contributed by atoms with Gasteiger partial charge in [-0.25, -0.2) is 19.9 Å². The van der Waals surface area contributed by atoms with Gasteiger partial charge >= 0.3 is 0 Å². The van der Waals surface area contributed by atoms with Crippen LogP contribution < -0.4 is 31.6 Å². The van der Waals surface area contributed by atoms with Gasteiger partial charge in [0.1, 0.15) is 0 Å². The monoisotopic (exact) mass is 1030 g/mol. The van der Waals surface area contributed by atoms with Crippen LogP contribution >= 0.6 is 39.0 Å². The minimum atomic E-state index is -1.68. The van der Waals surface area contributed by atoms with E-state index in [0.717, 1.165) is 11.0 Å². The summed E-state index contributed by atoms with van der Waals surface area (Å²) in [5, 5.41) is 7.18. The first-order valence-corrected chi connectivity index (χ1v) is 40.2. The second-order valence-electron chi connectivity index (χ2n) is 22.2. The summed E-state index contributed by atoms with van der Waals surface area (Å²) in [5.41, 5.74) is 7.37. The van der Waals surface area contributed by atoms with Crippen molar-refractivity contribution in [1.82, 2.24) is 19.9 Å². The first-order valence-electron chi connectivity index (χ1n) is 25.8. The van der Waals surface area contributed by atoms with Gasteiger partial charge in [0.15, 0.2) is 10.3 Å². The molecule has 4 aromatic rings. The molecule has 12 heteroatoms. The third kappa shape index (κ3) is 11.6. The van der Waals surface area contributed by atoms with E-state index in [1.54, 1.807) is 10.4 Å². The zero-order valence-electron chi connectivity index (χ0n) is 45.7. The van der Waals surface area contributed by atoms with Gasteiger partial charge in [0.2, 0.25) is 0 Å². The Kier molecular flexibility index (Phi) is 20.9. The highest BCUT2D eigenvalue weighted by molar-refractivity contribution is 7.73. The highest BCUT2D eigenvalue weighted by Gasteiger charge is 2.43. The van der Waals surface area contributed by atoms with E-state index in [1.165, 1.54) is 105 Å². The second kappa shape index (κ2) is 23.1. The van der Waals surface area contributed by atoms with Crippen molar-refractivity contribution < 1.29 is 0 Å². The first-order chi connectivity index (χ1) is 30.2. The molecule has 0 aliphatic rings. The van der Waals surface area contributed by atoms with Crippen molar-refractivity contribution in [3.63, 3.8) is 0 Å². The third-order valence-corrected chi connectivity index (χ3v) is 46.4. The van der Waals surface area contributed by atoms with Gasteiger partial charge in [0.25, 0.3) is 0 Å². The van der Waals surface area contributed by atoms with Crippen LogP contribution in [-0.4, -0.2) is 74.4 Å². The van der Waals surface area contributed by atoms with E-state index in [4.69, 9.17) is 43.1 Å². The number of aromatic nitrogens is 4. The van der Waals surface area contributed by atoms with E-state index >= 15 is 0 Å². The number of halogens is 2. The maximum absolute atomic E-state index is 6.33. The molecule has 2 aromatic carbocycles. The fraction of sp³-hybridized carbons (Fsp3) is 0.698. The molecule has 0 N–H and O–H groups in total. The lowest BCUT2D eigenvalue weighted by molar-refractivity contribution is 0.714. The lowest BCUT2D eigenvalue weighted by Gasteiger charge is -2.43. The molecule has 2 aromatic heterocycles. The molecule has 0 bridgehead atoms. The zero-order chi connectivity index (χ0) is 49.7. The third-order valence-electron chi connectivity index (χ3n) is 16.8. The predicted octanol–water partition coefficient (Wildman–Crippen LogP) is 15.7. The summed E-state index contributed by atoms with van der Waals surface area (Å²) in [6.07, 6.45) is 0. The van der Waals surface area contributed by atoms with E-state index in [0.29, 0.717) is 10.3 Å². The SMILES string of the molecule is CC[Si](CC)(CC)c1ccc([Si](CC)(CC)CC)c2nc(Cl)c(Cl)nc12.CC[Si](CC)(CC)c1ccc([Si](CC)(CC)CC)c2nc([P@](C)C(C)(C)C)c(P(C(C)(C)C)C(C)(C)C)nc12. The molecule has 366 valence electrons. The van der Waals surface area contributed by atoms with E-state index in [9.17, 15) is 0 Å². The summed E-state index contributed by atoms with van der Waals surface area (Å²) in [6, 6.07) is 24.9. The molecule has 1 atom stereocenters. The van der Waals surface area contributed by atoms with Crippen molar-refractivity contribution >= 4 is 125 Å². The first kappa shape index (κ1) is 58.7. The Morgan fingerprint density at radius 2 is 0.585 bits per heavy atom. The van der Waals surface area contributed by atoms with Crippen molar-refractivity contribution in [2.75, 3.05) is 6.66 Å². The molecular weight excluding hydrogens is 938 g/mol. The summed E-state index contributed by atoms with van der Waals surface area (Å²) in [6.45, 7) is 52.9. The number of nitrogens with zero attached hydrogens (tertiary/aromatic N) is 4. The Morgan fingerprint density at radius 1 is 0.369 bits per heavy atom. The number of hydrogen-bond donors (Lipinski definition) is 0. The normalized spacial score (nSPS) is 14.0. The van der Waals surface area contributed by atoms with Crippen LogP contribution in [0.15, 0.2) is 24.3 Å². The van der Waals surface area contributed by atoms with Crippen LogP contribution in [0, 0.1) is 0 Å². The summed E-state index contributed by atoms with van der Waals surface area (Å²) >= 11 is 12.7. The Bertz CT molecular complexity index is 2090. The highest BCUT2D eigenvalue weighted by atomic mass is 35.5. The Labute approximate surface area is 416 Å². The number of fused-ring (bicyclic) bond motifs is 2. The van der Waals surface area contributed by atoms with Gasteiger partial charge in [-0.2, -0.15) is 0 Å². The Morgan fingerprint density at radius 3 is 0.785 bits per heavy atom. The van der Waals surface area contributed by atoms with Crippen LogP contribution in [0.1, 0.15) is 145 Å². The molecule has 0 saturated heterocycles. The summed E-state index contributed by atoms with van der Waals surface area (Å²) in [5.74, 6) is 0. The molecule has 0 fully saturated rings. The molecule has 0 aliphatic heterocycles. The van der Waals surface area contributed by atoms with Gasteiger partial charge < -0.3 is 0 Å². The topological polar surface area (TPSA) is 51.6 Å². The minimum absolute atomic E-state index is 0.153. The molecule has 0 saturated carbocycles. The van der Waals surface area contributed by atoms with Gasteiger partial charge in [0, 0.05) is 0 Å². The quantitative estimate of drug-likeness (QED) is 0.0736. The van der Waals surface area contributed by atoms with Crippen LogP contribution in [-0.2, 0) is 0 Å². The van der Waals surface area contributed by atoms with Gasteiger partial charge in [-0.05, 0) is 50.8 Å². The maximum Gasteiger partial charge on any atom is 0.167 e. The molecule has 2 heterocycles. The highest BCUT2D eigenvalue weighted by Crippen LogP contribution is 2.59. The standard InChI is InChI=1S/C33H62N2P2Si2.C20H32Cl2N2Si2/c1-17-38(18-2,19-3)25-23-24-26(39(20-4,21-5)22-6)28-27(25)34-29(36(16)31(7,8)9)30(35-28)37(32(10,11)12)33(13,14)15;1-7-25(8-2,9-3)15-13-14-16(26(10-4,11-5)12-6)18-17(15)23-19(21)20(22)24-18/h23-24H,17-22H2,1-16H3;13-14H,7-12H2,1-6H3/t36-;/m0./s1. The average molecular weight is 1030 g/mol. The fourth-order valence-electron chi connectivity index (χ4n) is 11.5. The fourth-order valence-corrected chi connectivity index (χ4v) is 32.5. The average Bonchev–Trinajstić information content (AvgIpc) is 3.26. The Hall–Kier alpha value is -0.572.